The van der Waals surface area contributed by atoms with Gasteiger partial charge in [-0.05, 0) is 37.4 Å². The van der Waals surface area contributed by atoms with Gasteiger partial charge >= 0.3 is 0 Å². The number of halogens is 1. The third kappa shape index (κ3) is 1.41. The summed E-state index contributed by atoms with van der Waals surface area (Å²) in [5, 5.41) is 0.559. The predicted octanol–water partition coefficient (Wildman–Crippen LogP) is 2.27. The van der Waals surface area contributed by atoms with Gasteiger partial charge in [-0.3, -0.25) is 0 Å². The molecule has 0 aromatic heterocycles. The zero-order valence-corrected chi connectivity index (χ0v) is 5.61. The van der Waals surface area contributed by atoms with Crippen LogP contribution in [0.5, 0.6) is 0 Å². The molecule has 0 N–H and O–H groups in total. The van der Waals surface area contributed by atoms with Gasteiger partial charge < -0.3 is 4.74 Å². The SMILES string of the molecule is CC1CCC=C(Cl)O1. The average molecular weight is 133 g/mol. The maximum Gasteiger partial charge on any atom is 0.182 e. The number of ether oxygens (including phenoxy) is 1. The summed E-state index contributed by atoms with van der Waals surface area (Å²) < 4.78 is 5.11. The quantitative estimate of drug-likeness (QED) is 0.491. The highest BCUT2D eigenvalue weighted by atomic mass is 35.5. The average Bonchev–Trinajstić information content (AvgIpc) is 1.64. The van der Waals surface area contributed by atoms with Crippen LogP contribution in [0.1, 0.15) is 19.8 Å². The first-order valence-corrected chi connectivity index (χ1v) is 3.19. The second kappa shape index (κ2) is 2.40. The highest BCUT2D eigenvalue weighted by molar-refractivity contribution is 6.28. The molecule has 0 radical (unpaired) electrons. The topological polar surface area (TPSA) is 9.23 Å². The number of hydrogen-bond acceptors (Lipinski definition) is 1. The molecule has 1 unspecified atom stereocenters. The lowest BCUT2D eigenvalue weighted by Crippen LogP contribution is -2.08. The van der Waals surface area contributed by atoms with Crippen molar-refractivity contribution in [2.75, 3.05) is 0 Å². The van der Waals surface area contributed by atoms with Crippen LogP contribution in [-0.4, -0.2) is 6.10 Å². The van der Waals surface area contributed by atoms with Gasteiger partial charge in [0, 0.05) is 0 Å². The first-order chi connectivity index (χ1) is 3.79. The molecule has 0 saturated carbocycles. The van der Waals surface area contributed by atoms with E-state index >= 15 is 0 Å². The van der Waals surface area contributed by atoms with Crippen LogP contribution in [-0.2, 0) is 4.74 Å². The second-order valence-corrected chi connectivity index (χ2v) is 2.39. The lowest BCUT2D eigenvalue weighted by Gasteiger charge is -2.16. The lowest BCUT2D eigenvalue weighted by molar-refractivity contribution is 0.130. The van der Waals surface area contributed by atoms with Crippen molar-refractivity contribution in [2.45, 2.75) is 25.9 Å². The van der Waals surface area contributed by atoms with Gasteiger partial charge in [0.2, 0.25) is 0 Å². The Balaban J connectivity index is 2.45. The van der Waals surface area contributed by atoms with Crippen LogP contribution in [0.15, 0.2) is 11.3 Å². The van der Waals surface area contributed by atoms with Crippen LogP contribution in [0, 0.1) is 0 Å². The molecule has 0 amide bonds. The van der Waals surface area contributed by atoms with Crippen molar-refractivity contribution in [3.63, 3.8) is 0 Å². The largest absolute Gasteiger partial charge is 0.480 e. The third-order valence-electron chi connectivity index (χ3n) is 1.19. The molecule has 0 bridgehead atoms. The van der Waals surface area contributed by atoms with Crippen molar-refractivity contribution in [1.29, 1.82) is 0 Å². The smallest absolute Gasteiger partial charge is 0.182 e. The highest BCUT2D eigenvalue weighted by Gasteiger charge is 2.07. The van der Waals surface area contributed by atoms with E-state index in [0.29, 0.717) is 11.3 Å². The number of rotatable bonds is 0. The van der Waals surface area contributed by atoms with E-state index in [1.54, 1.807) is 0 Å². The van der Waals surface area contributed by atoms with Gasteiger partial charge in [0.1, 0.15) is 0 Å². The Bertz CT molecular complexity index is 109. The van der Waals surface area contributed by atoms with Gasteiger partial charge in [-0.1, -0.05) is 0 Å². The molecular formula is C6H9ClO. The minimum Gasteiger partial charge on any atom is -0.480 e. The van der Waals surface area contributed by atoms with E-state index in [4.69, 9.17) is 16.3 Å². The lowest BCUT2D eigenvalue weighted by atomic mass is 10.2. The summed E-state index contributed by atoms with van der Waals surface area (Å²) >= 11 is 5.55. The maximum absolute atomic E-state index is 5.55. The molecule has 0 spiro atoms. The van der Waals surface area contributed by atoms with E-state index in [1.165, 1.54) is 0 Å². The summed E-state index contributed by atoms with van der Waals surface area (Å²) in [6, 6.07) is 0. The Hall–Kier alpha value is -0.170. The Labute approximate surface area is 54.3 Å². The van der Waals surface area contributed by atoms with Gasteiger partial charge in [-0.2, -0.15) is 0 Å². The van der Waals surface area contributed by atoms with Crippen LogP contribution < -0.4 is 0 Å². The summed E-state index contributed by atoms with van der Waals surface area (Å²) in [5.74, 6) is 0. The standard InChI is InChI=1S/C6H9ClO/c1-5-3-2-4-6(7)8-5/h4-5H,2-3H2,1H3. The first kappa shape index (κ1) is 5.96. The monoisotopic (exact) mass is 132 g/mol. The molecule has 0 fully saturated rings. The van der Waals surface area contributed by atoms with E-state index in [-0.39, 0.29) is 0 Å². The van der Waals surface area contributed by atoms with Crippen LogP contribution in [0.25, 0.3) is 0 Å². The van der Waals surface area contributed by atoms with Gasteiger partial charge in [0.25, 0.3) is 0 Å². The van der Waals surface area contributed by atoms with Crippen molar-refractivity contribution in [3.8, 4) is 0 Å². The molecule has 0 aromatic rings. The predicted molar refractivity (Wildman–Crippen MR) is 33.7 cm³/mol. The number of allylic oxidation sites excluding steroid dienone is 1. The van der Waals surface area contributed by atoms with E-state index in [2.05, 4.69) is 0 Å². The zero-order valence-electron chi connectivity index (χ0n) is 4.86. The Morgan fingerprint density at radius 3 is 3.00 bits per heavy atom. The molecule has 0 aliphatic carbocycles. The minimum atomic E-state index is 0.312. The molecule has 46 valence electrons. The molecule has 0 aromatic carbocycles. The highest BCUT2D eigenvalue weighted by Crippen LogP contribution is 2.18. The number of hydrogen-bond donors (Lipinski definition) is 0. The summed E-state index contributed by atoms with van der Waals surface area (Å²) in [6.45, 7) is 2.02. The Morgan fingerprint density at radius 2 is 2.62 bits per heavy atom. The summed E-state index contributed by atoms with van der Waals surface area (Å²) in [7, 11) is 0. The first-order valence-electron chi connectivity index (χ1n) is 2.81. The minimum absolute atomic E-state index is 0.312. The van der Waals surface area contributed by atoms with Crippen molar-refractivity contribution in [1.82, 2.24) is 0 Å². The fraction of sp³-hybridized carbons (Fsp3) is 0.667. The van der Waals surface area contributed by atoms with Crippen molar-refractivity contribution >= 4 is 11.6 Å². The van der Waals surface area contributed by atoms with E-state index in [0.717, 1.165) is 12.8 Å². The molecule has 8 heavy (non-hydrogen) atoms. The third-order valence-corrected chi connectivity index (χ3v) is 1.44. The van der Waals surface area contributed by atoms with Gasteiger partial charge in [0.05, 0.1) is 6.10 Å². The van der Waals surface area contributed by atoms with Crippen molar-refractivity contribution in [2.24, 2.45) is 0 Å². The van der Waals surface area contributed by atoms with Gasteiger partial charge in [0.15, 0.2) is 5.22 Å². The molecule has 1 rings (SSSR count). The molecule has 1 aliphatic rings. The Morgan fingerprint density at radius 1 is 1.88 bits per heavy atom. The van der Waals surface area contributed by atoms with E-state index in [1.807, 2.05) is 13.0 Å². The maximum atomic E-state index is 5.55. The van der Waals surface area contributed by atoms with Crippen LogP contribution in [0.4, 0.5) is 0 Å². The molecular weight excluding hydrogens is 124 g/mol. The fourth-order valence-corrected chi connectivity index (χ4v) is 0.992. The van der Waals surface area contributed by atoms with E-state index < -0.39 is 0 Å². The van der Waals surface area contributed by atoms with Crippen LogP contribution in [0.2, 0.25) is 0 Å². The van der Waals surface area contributed by atoms with Gasteiger partial charge in [-0.15, -0.1) is 0 Å². The Kier molecular flexibility index (Phi) is 1.79. The second-order valence-electron chi connectivity index (χ2n) is 2.01. The molecule has 0 saturated heterocycles. The molecule has 1 nitrogen and oxygen atoms in total. The normalized spacial score (nSPS) is 28.8. The summed E-state index contributed by atoms with van der Waals surface area (Å²) in [4.78, 5) is 0. The molecule has 1 atom stereocenters. The van der Waals surface area contributed by atoms with Crippen molar-refractivity contribution in [3.05, 3.63) is 11.3 Å². The zero-order chi connectivity index (χ0) is 5.98. The molecule has 2 heteroatoms. The van der Waals surface area contributed by atoms with E-state index in [9.17, 15) is 0 Å². The summed E-state index contributed by atoms with van der Waals surface area (Å²) in [6.07, 6.45) is 4.37. The molecule has 1 aliphatic heterocycles. The fourth-order valence-electron chi connectivity index (χ4n) is 0.731. The molecule has 1 heterocycles. The van der Waals surface area contributed by atoms with Crippen molar-refractivity contribution < 1.29 is 4.74 Å². The van der Waals surface area contributed by atoms with Gasteiger partial charge in [-0.25, -0.2) is 0 Å². The van der Waals surface area contributed by atoms with Crippen LogP contribution >= 0.6 is 11.6 Å². The summed E-state index contributed by atoms with van der Waals surface area (Å²) in [5.41, 5.74) is 0. The van der Waals surface area contributed by atoms with Crippen LogP contribution in [0.3, 0.4) is 0 Å².